The molecule has 1 heterocycles. The number of aromatic carboxylic acids is 1. The quantitative estimate of drug-likeness (QED) is 0.865. The molecule has 0 amide bonds. The molecule has 100 valence electrons. The number of hydrogen-bond acceptors (Lipinski definition) is 2. The molecule has 2 N–H and O–H groups in total. The lowest BCUT2D eigenvalue weighted by atomic mass is 9.83. The third-order valence-corrected chi connectivity index (χ3v) is 4.16. The fourth-order valence-electron chi connectivity index (χ4n) is 2.95. The summed E-state index contributed by atoms with van der Waals surface area (Å²) in [5.74, 6) is 1.29. The number of aromatic amines is 1. The molecule has 0 unspecified atom stereocenters. The Hall–Kier alpha value is -1.84. The molecule has 0 atom stereocenters. The van der Waals surface area contributed by atoms with Crippen LogP contribution in [0.25, 0.3) is 11.0 Å². The number of carbonyl (C=O) groups is 1. The number of benzene rings is 1. The first-order chi connectivity index (χ1) is 9.15. The first-order valence-electron chi connectivity index (χ1n) is 6.87. The van der Waals surface area contributed by atoms with Crippen molar-refractivity contribution in [3.63, 3.8) is 0 Å². The number of carboxylic acids is 1. The largest absolute Gasteiger partial charge is 0.478 e. The number of H-pyrrole nitrogens is 1. The monoisotopic (exact) mass is 258 g/mol. The second-order valence-corrected chi connectivity index (χ2v) is 5.59. The fourth-order valence-corrected chi connectivity index (χ4v) is 2.95. The number of carboxylic acid groups (broad SMARTS) is 1. The van der Waals surface area contributed by atoms with Gasteiger partial charge in [-0.1, -0.05) is 25.8 Å². The minimum atomic E-state index is -0.916. The number of para-hydroxylation sites is 1. The normalized spacial score (nSPS) is 23.6. The van der Waals surface area contributed by atoms with E-state index in [4.69, 9.17) is 0 Å². The molecule has 1 saturated carbocycles. The number of nitrogens with one attached hydrogen (secondary N) is 1. The van der Waals surface area contributed by atoms with E-state index >= 15 is 0 Å². The molecule has 1 aromatic carbocycles. The Bertz CT molecular complexity index is 610. The summed E-state index contributed by atoms with van der Waals surface area (Å²) in [7, 11) is 0. The molecule has 0 aliphatic heterocycles. The molecule has 0 radical (unpaired) electrons. The van der Waals surface area contributed by atoms with Crippen LogP contribution in [0.1, 0.15) is 54.7 Å². The van der Waals surface area contributed by atoms with E-state index in [9.17, 15) is 9.90 Å². The molecule has 1 aliphatic carbocycles. The van der Waals surface area contributed by atoms with Crippen molar-refractivity contribution in [1.29, 1.82) is 0 Å². The smallest absolute Gasteiger partial charge is 0.337 e. The number of hydrogen-bond donors (Lipinski definition) is 2. The zero-order chi connectivity index (χ0) is 13.4. The van der Waals surface area contributed by atoms with Gasteiger partial charge in [-0.05, 0) is 30.9 Å². The van der Waals surface area contributed by atoms with Crippen molar-refractivity contribution < 1.29 is 9.90 Å². The Kier molecular flexibility index (Phi) is 3.01. The number of rotatable bonds is 2. The van der Waals surface area contributed by atoms with Crippen molar-refractivity contribution in [3.05, 3.63) is 29.6 Å². The molecule has 2 aromatic rings. The SMILES string of the molecule is CC1CCC(c2nc3c(C(=O)O)cccc3[nH]2)CC1. The van der Waals surface area contributed by atoms with Crippen molar-refractivity contribution >= 4 is 17.0 Å². The highest BCUT2D eigenvalue weighted by Gasteiger charge is 2.23. The minimum absolute atomic E-state index is 0.282. The van der Waals surface area contributed by atoms with Crippen LogP contribution in [0.4, 0.5) is 0 Å². The molecule has 4 heteroatoms. The summed E-state index contributed by atoms with van der Waals surface area (Å²) in [6.45, 7) is 2.29. The molecule has 19 heavy (non-hydrogen) atoms. The number of fused-ring (bicyclic) bond motifs is 1. The van der Waals surface area contributed by atoms with Crippen LogP contribution in [0.3, 0.4) is 0 Å². The second-order valence-electron chi connectivity index (χ2n) is 5.59. The maximum atomic E-state index is 11.2. The van der Waals surface area contributed by atoms with Gasteiger partial charge in [-0.3, -0.25) is 0 Å². The van der Waals surface area contributed by atoms with Crippen LogP contribution in [-0.4, -0.2) is 21.0 Å². The third kappa shape index (κ3) is 2.23. The number of imidazole rings is 1. The van der Waals surface area contributed by atoms with Crippen molar-refractivity contribution in [1.82, 2.24) is 9.97 Å². The van der Waals surface area contributed by atoms with E-state index in [1.54, 1.807) is 12.1 Å². The van der Waals surface area contributed by atoms with Gasteiger partial charge in [0.15, 0.2) is 0 Å². The maximum absolute atomic E-state index is 11.2. The lowest BCUT2D eigenvalue weighted by Crippen LogP contribution is -2.11. The predicted molar refractivity (Wildman–Crippen MR) is 73.4 cm³/mol. The highest BCUT2D eigenvalue weighted by molar-refractivity contribution is 6.00. The average molecular weight is 258 g/mol. The average Bonchev–Trinajstić information content (AvgIpc) is 2.82. The van der Waals surface area contributed by atoms with Gasteiger partial charge in [-0.25, -0.2) is 9.78 Å². The molecule has 1 fully saturated rings. The topological polar surface area (TPSA) is 66.0 Å². The van der Waals surface area contributed by atoms with Gasteiger partial charge in [0.1, 0.15) is 11.3 Å². The molecular weight excluding hydrogens is 240 g/mol. The van der Waals surface area contributed by atoms with Crippen LogP contribution in [-0.2, 0) is 0 Å². The van der Waals surface area contributed by atoms with Gasteiger partial charge in [-0.15, -0.1) is 0 Å². The summed E-state index contributed by atoms with van der Waals surface area (Å²) in [5, 5.41) is 9.18. The maximum Gasteiger partial charge on any atom is 0.337 e. The number of aromatic nitrogens is 2. The fraction of sp³-hybridized carbons (Fsp3) is 0.467. The summed E-state index contributed by atoms with van der Waals surface area (Å²) in [6.07, 6.45) is 4.74. The van der Waals surface area contributed by atoms with Crippen molar-refractivity contribution in [3.8, 4) is 0 Å². The molecule has 1 aliphatic rings. The molecular formula is C15H18N2O2. The Morgan fingerprint density at radius 2 is 2.05 bits per heavy atom. The molecule has 0 bridgehead atoms. The van der Waals surface area contributed by atoms with Gasteiger partial charge in [0, 0.05) is 5.92 Å². The van der Waals surface area contributed by atoms with Crippen molar-refractivity contribution in [2.45, 2.75) is 38.5 Å². The van der Waals surface area contributed by atoms with E-state index < -0.39 is 5.97 Å². The molecule has 1 aromatic heterocycles. The molecule has 0 spiro atoms. The van der Waals surface area contributed by atoms with Gasteiger partial charge in [0.25, 0.3) is 0 Å². The van der Waals surface area contributed by atoms with E-state index in [0.717, 1.165) is 30.1 Å². The summed E-state index contributed by atoms with van der Waals surface area (Å²) >= 11 is 0. The highest BCUT2D eigenvalue weighted by atomic mass is 16.4. The lowest BCUT2D eigenvalue weighted by molar-refractivity contribution is 0.0699. The Balaban J connectivity index is 1.98. The zero-order valence-corrected chi connectivity index (χ0v) is 11.0. The lowest BCUT2D eigenvalue weighted by Gasteiger charge is -2.24. The zero-order valence-electron chi connectivity index (χ0n) is 11.0. The highest BCUT2D eigenvalue weighted by Crippen LogP contribution is 2.35. The van der Waals surface area contributed by atoms with Gasteiger partial charge < -0.3 is 10.1 Å². The second kappa shape index (κ2) is 4.68. The third-order valence-electron chi connectivity index (χ3n) is 4.16. The molecule has 4 nitrogen and oxygen atoms in total. The van der Waals surface area contributed by atoms with E-state index in [1.807, 2.05) is 6.07 Å². The summed E-state index contributed by atoms with van der Waals surface area (Å²) in [5.41, 5.74) is 1.70. The summed E-state index contributed by atoms with van der Waals surface area (Å²) < 4.78 is 0. The van der Waals surface area contributed by atoms with Crippen LogP contribution in [0.2, 0.25) is 0 Å². The van der Waals surface area contributed by atoms with Gasteiger partial charge in [0.2, 0.25) is 0 Å². The Morgan fingerprint density at radius 1 is 1.32 bits per heavy atom. The standard InChI is InChI=1S/C15H18N2O2/c1-9-5-7-10(8-6-9)14-16-12-4-2-3-11(15(18)19)13(12)17-14/h2-4,9-10H,5-8H2,1H3,(H,16,17)(H,18,19). The number of nitrogens with zero attached hydrogens (tertiary/aromatic N) is 1. The van der Waals surface area contributed by atoms with Crippen LogP contribution < -0.4 is 0 Å². The van der Waals surface area contributed by atoms with Crippen molar-refractivity contribution in [2.75, 3.05) is 0 Å². The van der Waals surface area contributed by atoms with Crippen LogP contribution >= 0.6 is 0 Å². The van der Waals surface area contributed by atoms with Gasteiger partial charge in [-0.2, -0.15) is 0 Å². The van der Waals surface area contributed by atoms with Gasteiger partial charge >= 0.3 is 5.97 Å². The van der Waals surface area contributed by atoms with Gasteiger partial charge in [0.05, 0.1) is 11.1 Å². The van der Waals surface area contributed by atoms with E-state index in [0.29, 0.717) is 11.4 Å². The van der Waals surface area contributed by atoms with Crippen LogP contribution in [0.5, 0.6) is 0 Å². The van der Waals surface area contributed by atoms with E-state index in [1.165, 1.54) is 12.8 Å². The van der Waals surface area contributed by atoms with E-state index in [-0.39, 0.29) is 5.56 Å². The first kappa shape index (κ1) is 12.2. The van der Waals surface area contributed by atoms with Crippen LogP contribution in [0, 0.1) is 5.92 Å². The minimum Gasteiger partial charge on any atom is -0.478 e. The molecule has 3 rings (SSSR count). The van der Waals surface area contributed by atoms with E-state index in [2.05, 4.69) is 16.9 Å². The summed E-state index contributed by atoms with van der Waals surface area (Å²) in [6, 6.07) is 5.26. The first-order valence-corrected chi connectivity index (χ1v) is 6.87. The Morgan fingerprint density at radius 3 is 2.74 bits per heavy atom. The molecule has 0 saturated heterocycles. The summed E-state index contributed by atoms with van der Waals surface area (Å²) in [4.78, 5) is 19.0. The predicted octanol–water partition coefficient (Wildman–Crippen LogP) is 3.55. The van der Waals surface area contributed by atoms with Crippen LogP contribution in [0.15, 0.2) is 18.2 Å². The Labute approximate surface area is 111 Å². The van der Waals surface area contributed by atoms with Crippen molar-refractivity contribution in [2.24, 2.45) is 5.92 Å².